The molecule has 12 nitrogen and oxygen atoms in total. The summed E-state index contributed by atoms with van der Waals surface area (Å²) in [6, 6.07) is -1.80. The first-order valence-corrected chi connectivity index (χ1v) is 11.5. The van der Waals surface area contributed by atoms with Gasteiger partial charge in [0.05, 0.1) is 25.7 Å². The highest BCUT2D eigenvalue weighted by molar-refractivity contribution is 5.94. The Kier molecular flexibility index (Phi) is 8.37. The van der Waals surface area contributed by atoms with Crippen molar-refractivity contribution in [3.8, 4) is 0 Å². The number of nitrogens with one attached hydrogen (secondary N) is 2. The predicted octanol–water partition coefficient (Wildman–Crippen LogP) is -2.65. The van der Waals surface area contributed by atoms with Crippen molar-refractivity contribution in [2.75, 3.05) is 39.3 Å². The molecule has 3 aliphatic heterocycles. The van der Waals surface area contributed by atoms with Gasteiger partial charge < -0.3 is 35.9 Å². The number of carbonyl (C=O) groups is 6. The molecule has 0 aliphatic carbocycles. The second-order valence-corrected chi connectivity index (χ2v) is 8.56. The largest absolute Gasteiger partial charge is 0.345 e. The summed E-state index contributed by atoms with van der Waals surface area (Å²) in [5.41, 5.74) is 5.39. The van der Waals surface area contributed by atoms with Crippen LogP contribution in [0, 0.1) is 0 Å². The van der Waals surface area contributed by atoms with E-state index in [2.05, 4.69) is 10.6 Å². The first-order chi connectivity index (χ1) is 15.9. The van der Waals surface area contributed by atoms with Crippen LogP contribution in [0.25, 0.3) is 0 Å². The van der Waals surface area contributed by atoms with Gasteiger partial charge in [-0.15, -0.1) is 0 Å². The molecule has 0 aromatic heterocycles. The van der Waals surface area contributed by atoms with Crippen molar-refractivity contribution in [3.63, 3.8) is 0 Å². The quantitative estimate of drug-likeness (QED) is 0.330. The lowest BCUT2D eigenvalue weighted by molar-refractivity contribution is -0.141. The van der Waals surface area contributed by atoms with Crippen LogP contribution in [0.5, 0.6) is 0 Å². The molecule has 12 heteroatoms. The van der Waals surface area contributed by atoms with Gasteiger partial charge in [-0.25, -0.2) is 0 Å². The van der Waals surface area contributed by atoms with E-state index in [9.17, 15) is 28.8 Å². The molecule has 0 radical (unpaired) electrons. The van der Waals surface area contributed by atoms with Gasteiger partial charge in [-0.2, -0.15) is 0 Å². The molecule has 0 unspecified atom stereocenters. The standard InChI is InChI=1S/C21H32N6O6/c22-10-17(29)26-8-2-5-15(26)20(32)24-12-19(31)27-9-3-6-16(27)21(33)23-11-18(30)25-7-1-4-14(25)13-28/h13-16H,1-12,22H2,(H,23,33)(H,24,32)/t14-,15-,16-/m0/s1. The van der Waals surface area contributed by atoms with Crippen molar-refractivity contribution in [2.45, 2.75) is 56.7 Å². The van der Waals surface area contributed by atoms with Gasteiger partial charge in [0.1, 0.15) is 18.4 Å². The average molecular weight is 465 g/mol. The third-order valence-corrected chi connectivity index (χ3v) is 6.53. The zero-order valence-electron chi connectivity index (χ0n) is 18.7. The number of rotatable bonds is 8. The first-order valence-electron chi connectivity index (χ1n) is 11.5. The predicted molar refractivity (Wildman–Crippen MR) is 115 cm³/mol. The van der Waals surface area contributed by atoms with E-state index in [1.165, 1.54) is 14.7 Å². The highest BCUT2D eigenvalue weighted by atomic mass is 16.2. The summed E-state index contributed by atoms with van der Waals surface area (Å²) in [5.74, 6) is -1.88. The third-order valence-electron chi connectivity index (χ3n) is 6.53. The molecule has 3 atom stereocenters. The highest BCUT2D eigenvalue weighted by Crippen LogP contribution is 2.19. The number of likely N-dealkylation sites (tertiary alicyclic amines) is 3. The van der Waals surface area contributed by atoms with E-state index >= 15 is 0 Å². The Morgan fingerprint density at radius 2 is 1.18 bits per heavy atom. The van der Waals surface area contributed by atoms with Crippen molar-refractivity contribution >= 4 is 35.8 Å². The van der Waals surface area contributed by atoms with Crippen LogP contribution < -0.4 is 16.4 Å². The minimum atomic E-state index is -0.718. The molecule has 3 heterocycles. The van der Waals surface area contributed by atoms with E-state index in [1.54, 1.807) is 0 Å². The molecule has 182 valence electrons. The van der Waals surface area contributed by atoms with E-state index in [0.717, 1.165) is 12.7 Å². The molecule has 0 bridgehead atoms. The van der Waals surface area contributed by atoms with Crippen molar-refractivity contribution in [1.82, 2.24) is 25.3 Å². The van der Waals surface area contributed by atoms with E-state index in [1.807, 2.05) is 0 Å². The monoisotopic (exact) mass is 464 g/mol. The zero-order chi connectivity index (χ0) is 24.0. The maximum absolute atomic E-state index is 12.7. The summed E-state index contributed by atoms with van der Waals surface area (Å²) < 4.78 is 0. The molecule has 3 rings (SSSR count). The number of aldehydes is 1. The Morgan fingerprint density at radius 1 is 0.727 bits per heavy atom. The fourth-order valence-corrected chi connectivity index (χ4v) is 4.80. The lowest BCUT2D eigenvalue weighted by atomic mass is 10.2. The fraction of sp³-hybridized carbons (Fsp3) is 0.714. The Bertz CT molecular complexity index is 804. The molecular formula is C21H32N6O6. The summed E-state index contributed by atoms with van der Waals surface area (Å²) in [5, 5.41) is 5.16. The lowest BCUT2D eigenvalue weighted by Crippen LogP contribution is -2.53. The van der Waals surface area contributed by atoms with Crippen molar-refractivity contribution in [2.24, 2.45) is 5.73 Å². The van der Waals surface area contributed by atoms with Gasteiger partial charge in [0.15, 0.2) is 0 Å². The molecule has 3 saturated heterocycles. The number of hydrogen-bond acceptors (Lipinski definition) is 7. The fourth-order valence-electron chi connectivity index (χ4n) is 4.80. The second kappa shape index (κ2) is 11.2. The normalized spacial score (nSPS) is 24.6. The maximum Gasteiger partial charge on any atom is 0.243 e. The molecule has 3 fully saturated rings. The summed E-state index contributed by atoms with van der Waals surface area (Å²) in [7, 11) is 0. The van der Waals surface area contributed by atoms with Gasteiger partial charge in [0.2, 0.25) is 29.5 Å². The van der Waals surface area contributed by atoms with E-state index in [-0.39, 0.29) is 31.4 Å². The minimum absolute atomic E-state index is 0.177. The van der Waals surface area contributed by atoms with Crippen molar-refractivity contribution < 1.29 is 28.8 Å². The Labute approximate surface area is 192 Å². The Balaban J connectivity index is 1.47. The van der Waals surface area contributed by atoms with Gasteiger partial charge in [0, 0.05) is 19.6 Å². The molecule has 0 spiro atoms. The first kappa shape index (κ1) is 24.6. The molecule has 0 aromatic rings. The van der Waals surface area contributed by atoms with Gasteiger partial charge in [-0.1, -0.05) is 0 Å². The molecule has 4 N–H and O–H groups in total. The van der Waals surface area contributed by atoms with Gasteiger partial charge in [0.25, 0.3) is 0 Å². The van der Waals surface area contributed by atoms with E-state index < -0.39 is 35.8 Å². The number of hydrogen-bond donors (Lipinski definition) is 3. The Morgan fingerprint density at radius 3 is 1.70 bits per heavy atom. The topological polar surface area (TPSA) is 162 Å². The smallest absolute Gasteiger partial charge is 0.243 e. The number of amides is 5. The number of nitrogens with two attached hydrogens (primary N) is 1. The van der Waals surface area contributed by atoms with E-state index in [0.29, 0.717) is 51.7 Å². The van der Waals surface area contributed by atoms with Crippen LogP contribution in [0.1, 0.15) is 38.5 Å². The molecule has 33 heavy (non-hydrogen) atoms. The second-order valence-electron chi connectivity index (χ2n) is 8.56. The van der Waals surface area contributed by atoms with Crippen LogP contribution >= 0.6 is 0 Å². The summed E-state index contributed by atoms with van der Waals surface area (Å²) >= 11 is 0. The zero-order valence-corrected chi connectivity index (χ0v) is 18.7. The van der Waals surface area contributed by atoms with Crippen LogP contribution in [-0.4, -0.2) is 108 Å². The summed E-state index contributed by atoms with van der Waals surface area (Å²) in [6.07, 6.45) is 4.41. The SMILES string of the molecule is NCC(=O)N1CCC[C@H]1C(=O)NCC(=O)N1CCC[C@H]1C(=O)NCC(=O)N1CCC[C@H]1C=O. The highest BCUT2D eigenvalue weighted by Gasteiger charge is 2.37. The number of carbonyl (C=O) groups excluding carboxylic acids is 6. The summed E-state index contributed by atoms with van der Waals surface area (Å²) in [4.78, 5) is 77.4. The molecule has 0 saturated carbocycles. The van der Waals surface area contributed by atoms with Crippen LogP contribution in [-0.2, 0) is 28.8 Å². The lowest BCUT2D eigenvalue weighted by Gasteiger charge is -2.26. The van der Waals surface area contributed by atoms with Crippen LogP contribution in [0.3, 0.4) is 0 Å². The van der Waals surface area contributed by atoms with Crippen LogP contribution in [0.4, 0.5) is 0 Å². The molecular weight excluding hydrogens is 432 g/mol. The van der Waals surface area contributed by atoms with Crippen LogP contribution in [0.2, 0.25) is 0 Å². The number of nitrogens with zero attached hydrogens (tertiary/aromatic N) is 3. The third kappa shape index (κ3) is 5.67. The average Bonchev–Trinajstić information content (AvgIpc) is 3.59. The van der Waals surface area contributed by atoms with Crippen molar-refractivity contribution in [1.29, 1.82) is 0 Å². The van der Waals surface area contributed by atoms with Crippen molar-refractivity contribution in [3.05, 3.63) is 0 Å². The van der Waals surface area contributed by atoms with Crippen LogP contribution in [0.15, 0.2) is 0 Å². The van der Waals surface area contributed by atoms with Gasteiger partial charge >= 0.3 is 0 Å². The van der Waals surface area contributed by atoms with Gasteiger partial charge in [-0.3, -0.25) is 24.0 Å². The molecule has 5 amide bonds. The maximum atomic E-state index is 12.7. The Hall–Kier alpha value is -3.02. The van der Waals surface area contributed by atoms with Gasteiger partial charge in [-0.05, 0) is 38.5 Å². The summed E-state index contributed by atoms with van der Waals surface area (Å²) in [6.45, 7) is 0.634. The molecule has 0 aromatic carbocycles. The minimum Gasteiger partial charge on any atom is -0.345 e. The molecule has 3 aliphatic rings. The van der Waals surface area contributed by atoms with E-state index in [4.69, 9.17) is 5.73 Å².